The summed E-state index contributed by atoms with van der Waals surface area (Å²) in [5.74, 6) is -0.837. The molecule has 0 saturated heterocycles. The smallest absolute Gasteiger partial charge is 0.330 e. The van der Waals surface area contributed by atoms with Gasteiger partial charge in [0.15, 0.2) is 0 Å². The fraction of sp³-hybridized carbons (Fsp3) is 0.500. The maximum Gasteiger partial charge on any atom is 0.330 e. The summed E-state index contributed by atoms with van der Waals surface area (Å²) in [5.41, 5.74) is 3.06. The largest absolute Gasteiger partial charge is 0.478 e. The maximum atomic E-state index is 10.5. The van der Waals surface area contributed by atoms with Gasteiger partial charge in [-0.05, 0) is 47.0 Å². The Morgan fingerprint density at radius 3 is 2.19 bits per heavy atom. The van der Waals surface area contributed by atoms with Crippen molar-refractivity contribution in [3.8, 4) is 0 Å². The molecule has 0 spiro atoms. The van der Waals surface area contributed by atoms with Crippen molar-refractivity contribution in [3.05, 3.63) is 34.9 Å². The molecule has 0 bridgehead atoms. The van der Waals surface area contributed by atoms with E-state index in [2.05, 4.69) is 32.9 Å². The maximum absolute atomic E-state index is 10.5. The van der Waals surface area contributed by atoms with Gasteiger partial charge in [-0.2, -0.15) is 0 Å². The summed E-state index contributed by atoms with van der Waals surface area (Å²) in [4.78, 5) is 10.5. The lowest BCUT2D eigenvalue weighted by molar-refractivity contribution is -0.132. The van der Waals surface area contributed by atoms with E-state index in [1.807, 2.05) is 0 Å². The Balaban J connectivity index is 4.01. The lowest BCUT2D eigenvalue weighted by Crippen LogP contribution is -1.95. The first-order chi connectivity index (χ1) is 7.43. The molecule has 0 amide bonds. The molecule has 0 aliphatic rings. The Morgan fingerprint density at radius 1 is 1.06 bits per heavy atom. The average Bonchev–Trinajstić information content (AvgIpc) is 2.16. The molecule has 0 aliphatic carbocycles. The highest BCUT2D eigenvalue weighted by Crippen LogP contribution is 2.08. The number of allylic oxidation sites excluding steroid dienone is 5. The second-order valence-corrected chi connectivity index (χ2v) is 4.30. The number of rotatable bonds is 6. The van der Waals surface area contributed by atoms with Gasteiger partial charge in [0.25, 0.3) is 0 Å². The number of carboxylic acid groups (broad SMARTS) is 1. The van der Waals surface area contributed by atoms with Crippen molar-refractivity contribution in [2.45, 2.75) is 47.0 Å². The van der Waals surface area contributed by atoms with E-state index in [0.29, 0.717) is 12.0 Å². The summed E-state index contributed by atoms with van der Waals surface area (Å²) in [6.07, 6.45) is 8.86. The van der Waals surface area contributed by atoms with E-state index < -0.39 is 5.97 Å². The van der Waals surface area contributed by atoms with E-state index in [1.54, 1.807) is 13.0 Å². The van der Waals surface area contributed by atoms with Crippen LogP contribution in [0.3, 0.4) is 0 Å². The molecule has 0 atom stereocenters. The Hall–Kier alpha value is -1.31. The van der Waals surface area contributed by atoms with Gasteiger partial charge >= 0.3 is 5.97 Å². The lowest BCUT2D eigenvalue weighted by atomic mass is 10.1. The molecule has 0 aliphatic heterocycles. The summed E-state index contributed by atoms with van der Waals surface area (Å²) in [7, 11) is 0. The van der Waals surface area contributed by atoms with E-state index in [1.165, 1.54) is 11.1 Å². The number of hydrogen-bond acceptors (Lipinski definition) is 1. The average molecular weight is 222 g/mol. The molecule has 2 heteroatoms. The van der Waals surface area contributed by atoms with E-state index in [4.69, 9.17) is 5.11 Å². The molecule has 0 saturated carbocycles. The Kier molecular flexibility index (Phi) is 7.27. The second-order valence-electron chi connectivity index (χ2n) is 4.30. The van der Waals surface area contributed by atoms with Crippen molar-refractivity contribution < 1.29 is 9.90 Å². The van der Waals surface area contributed by atoms with Crippen LogP contribution in [-0.4, -0.2) is 11.1 Å². The minimum Gasteiger partial charge on any atom is -0.478 e. The summed E-state index contributed by atoms with van der Waals surface area (Å²) in [6, 6.07) is 0. The fourth-order valence-electron chi connectivity index (χ4n) is 1.21. The predicted molar refractivity (Wildman–Crippen MR) is 68.4 cm³/mol. The molecule has 0 unspecified atom stereocenters. The zero-order valence-corrected chi connectivity index (χ0v) is 10.7. The molecule has 0 fully saturated rings. The van der Waals surface area contributed by atoms with E-state index >= 15 is 0 Å². The first-order valence-electron chi connectivity index (χ1n) is 5.62. The van der Waals surface area contributed by atoms with Crippen molar-refractivity contribution >= 4 is 5.97 Å². The first-order valence-corrected chi connectivity index (χ1v) is 5.62. The highest BCUT2D eigenvalue weighted by Gasteiger charge is 1.96. The quantitative estimate of drug-likeness (QED) is 0.542. The minimum absolute atomic E-state index is 0.411. The van der Waals surface area contributed by atoms with Gasteiger partial charge in [0.05, 0.1) is 0 Å². The fourth-order valence-corrected chi connectivity index (χ4v) is 1.21. The first kappa shape index (κ1) is 14.7. The molecule has 0 radical (unpaired) electrons. The van der Waals surface area contributed by atoms with Gasteiger partial charge in [0.2, 0.25) is 0 Å². The number of hydrogen-bond donors (Lipinski definition) is 1. The molecular formula is C14H22O2. The van der Waals surface area contributed by atoms with Gasteiger partial charge in [0.1, 0.15) is 0 Å². The van der Waals surface area contributed by atoms with Crippen LogP contribution in [0.5, 0.6) is 0 Å². The van der Waals surface area contributed by atoms with Gasteiger partial charge in [-0.15, -0.1) is 0 Å². The third-order valence-corrected chi connectivity index (χ3v) is 2.32. The minimum atomic E-state index is -0.837. The molecule has 0 aromatic carbocycles. The molecule has 0 heterocycles. The van der Waals surface area contributed by atoms with Crippen LogP contribution in [0.2, 0.25) is 0 Å². The Bertz CT molecular complexity index is 316. The van der Waals surface area contributed by atoms with E-state index in [-0.39, 0.29) is 0 Å². The molecule has 16 heavy (non-hydrogen) atoms. The van der Waals surface area contributed by atoms with Crippen molar-refractivity contribution in [2.24, 2.45) is 0 Å². The van der Waals surface area contributed by atoms with Gasteiger partial charge in [-0.3, -0.25) is 0 Å². The molecule has 0 rings (SSSR count). The second kappa shape index (κ2) is 7.91. The standard InChI is InChI=1S/C14H22O2/c1-11(2)7-5-8-12(3)9-6-10-13(4)14(15)16/h7,9-10H,5-6,8H2,1-4H3,(H,15,16)/b12-9+,13-10+. The summed E-state index contributed by atoms with van der Waals surface area (Å²) in [5, 5.41) is 8.65. The molecule has 2 nitrogen and oxygen atoms in total. The van der Waals surface area contributed by atoms with Crippen LogP contribution in [-0.2, 0) is 4.79 Å². The summed E-state index contributed by atoms with van der Waals surface area (Å²) >= 11 is 0. The molecule has 0 aromatic rings. The number of carbonyl (C=O) groups is 1. The van der Waals surface area contributed by atoms with Crippen molar-refractivity contribution in [1.82, 2.24) is 0 Å². The van der Waals surface area contributed by atoms with Crippen LogP contribution in [0.15, 0.2) is 34.9 Å². The van der Waals surface area contributed by atoms with Crippen LogP contribution in [0.4, 0.5) is 0 Å². The van der Waals surface area contributed by atoms with Crippen LogP contribution >= 0.6 is 0 Å². The Labute approximate surface area is 98.4 Å². The van der Waals surface area contributed by atoms with E-state index in [9.17, 15) is 4.79 Å². The van der Waals surface area contributed by atoms with Crippen molar-refractivity contribution in [1.29, 1.82) is 0 Å². The van der Waals surface area contributed by atoms with Crippen molar-refractivity contribution in [3.63, 3.8) is 0 Å². The zero-order chi connectivity index (χ0) is 12.6. The molecule has 1 N–H and O–H groups in total. The Morgan fingerprint density at radius 2 is 1.69 bits per heavy atom. The van der Waals surface area contributed by atoms with Gasteiger partial charge < -0.3 is 5.11 Å². The highest BCUT2D eigenvalue weighted by molar-refractivity contribution is 5.85. The summed E-state index contributed by atoms with van der Waals surface area (Å²) in [6.45, 7) is 7.90. The van der Waals surface area contributed by atoms with E-state index in [0.717, 1.165) is 12.8 Å². The highest BCUT2D eigenvalue weighted by atomic mass is 16.4. The van der Waals surface area contributed by atoms with Gasteiger partial charge in [-0.1, -0.05) is 29.4 Å². The molecular weight excluding hydrogens is 200 g/mol. The van der Waals surface area contributed by atoms with Crippen LogP contribution in [0.1, 0.15) is 47.0 Å². The van der Waals surface area contributed by atoms with Gasteiger partial charge in [-0.25, -0.2) is 4.79 Å². The number of carboxylic acids is 1. The monoisotopic (exact) mass is 222 g/mol. The summed E-state index contributed by atoms with van der Waals surface area (Å²) < 4.78 is 0. The third kappa shape index (κ3) is 8.04. The van der Waals surface area contributed by atoms with Crippen LogP contribution in [0, 0.1) is 0 Å². The lowest BCUT2D eigenvalue weighted by Gasteiger charge is -1.98. The topological polar surface area (TPSA) is 37.3 Å². The third-order valence-electron chi connectivity index (χ3n) is 2.32. The number of aliphatic carboxylic acids is 1. The molecule has 0 aromatic heterocycles. The van der Waals surface area contributed by atoms with Crippen LogP contribution < -0.4 is 0 Å². The SMILES string of the molecule is CC(C)=CCC/C(C)=C/C/C=C(\C)C(=O)O. The molecule has 90 valence electrons. The predicted octanol–water partition coefficient (Wildman–Crippen LogP) is 4.10. The van der Waals surface area contributed by atoms with Crippen LogP contribution in [0.25, 0.3) is 0 Å². The normalized spacial score (nSPS) is 12.5. The zero-order valence-electron chi connectivity index (χ0n) is 10.7. The van der Waals surface area contributed by atoms with Gasteiger partial charge in [0, 0.05) is 5.57 Å². The van der Waals surface area contributed by atoms with Crippen molar-refractivity contribution in [2.75, 3.05) is 0 Å².